The predicted octanol–water partition coefficient (Wildman–Crippen LogP) is 2.94. The van der Waals surface area contributed by atoms with Crippen LogP contribution in [0, 0.1) is 0 Å². The third kappa shape index (κ3) is 2.92. The second-order valence-electron chi connectivity index (χ2n) is 4.26. The van der Waals surface area contributed by atoms with Gasteiger partial charge < -0.3 is 9.64 Å². The molecule has 1 fully saturated rings. The third-order valence-electron chi connectivity index (χ3n) is 2.99. The predicted molar refractivity (Wildman–Crippen MR) is 65.8 cm³/mol. The number of carbonyl (C=O) groups excluding carboxylic acids is 1. The largest absolute Gasteiger partial charge is 0.416 e. The van der Waals surface area contributed by atoms with E-state index in [4.69, 9.17) is 4.74 Å². The lowest BCUT2D eigenvalue weighted by Crippen LogP contribution is -2.54. The summed E-state index contributed by atoms with van der Waals surface area (Å²) in [6.45, 7) is 0.802. The number of amides is 1. The maximum absolute atomic E-state index is 12.6. The average Bonchev–Trinajstić information content (AvgIpc) is 2.26. The Labute approximate surface area is 116 Å². The van der Waals surface area contributed by atoms with E-state index in [1.807, 2.05) is 0 Å². The van der Waals surface area contributed by atoms with Crippen molar-refractivity contribution in [3.8, 4) is 0 Å². The zero-order chi connectivity index (χ0) is 14.2. The van der Waals surface area contributed by atoms with E-state index in [1.54, 1.807) is 0 Å². The molecule has 0 aliphatic carbocycles. The van der Waals surface area contributed by atoms with Crippen LogP contribution in [0.15, 0.2) is 22.7 Å². The second-order valence-corrected chi connectivity index (χ2v) is 5.11. The molecular weight excluding hydrogens is 327 g/mol. The van der Waals surface area contributed by atoms with Crippen molar-refractivity contribution >= 4 is 21.8 Å². The number of ether oxygens (including phenoxy) is 1. The number of hydrogen-bond donors (Lipinski definition) is 0. The lowest BCUT2D eigenvalue weighted by atomic mass is 10.1. The normalized spacial score (nSPS) is 16.4. The first-order chi connectivity index (χ1) is 8.82. The van der Waals surface area contributed by atoms with Crippen molar-refractivity contribution in [2.75, 3.05) is 20.2 Å². The van der Waals surface area contributed by atoms with E-state index in [-0.39, 0.29) is 11.7 Å². The van der Waals surface area contributed by atoms with Gasteiger partial charge >= 0.3 is 6.18 Å². The van der Waals surface area contributed by atoms with Crippen LogP contribution in [0.5, 0.6) is 0 Å². The fraction of sp³-hybridized carbons (Fsp3) is 0.417. The quantitative estimate of drug-likeness (QED) is 0.830. The molecule has 1 aromatic carbocycles. The van der Waals surface area contributed by atoms with Gasteiger partial charge in [0.25, 0.3) is 5.91 Å². The fourth-order valence-corrected chi connectivity index (χ4v) is 2.21. The summed E-state index contributed by atoms with van der Waals surface area (Å²) in [5, 5.41) is 0. The SMILES string of the molecule is COC1CN(C(=O)c2cc(C(F)(F)F)ccc2Br)C1. The van der Waals surface area contributed by atoms with Crippen molar-refractivity contribution < 1.29 is 22.7 Å². The summed E-state index contributed by atoms with van der Waals surface area (Å²) < 4.78 is 43.2. The van der Waals surface area contributed by atoms with E-state index in [9.17, 15) is 18.0 Å². The van der Waals surface area contributed by atoms with Crippen molar-refractivity contribution in [1.82, 2.24) is 4.90 Å². The molecule has 0 spiro atoms. The van der Waals surface area contributed by atoms with E-state index in [0.29, 0.717) is 17.6 Å². The molecule has 2 rings (SSSR count). The van der Waals surface area contributed by atoms with E-state index in [2.05, 4.69) is 15.9 Å². The zero-order valence-corrected chi connectivity index (χ0v) is 11.6. The van der Waals surface area contributed by atoms with E-state index in [1.165, 1.54) is 18.1 Å². The third-order valence-corrected chi connectivity index (χ3v) is 3.68. The standard InChI is InChI=1S/C12H11BrF3NO2/c1-19-8-5-17(6-8)11(18)9-4-7(12(14,15)16)2-3-10(9)13/h2-4,8H,5-6H2,1H3. The maximum atomic E-state index is 12.6. The van der Waals surface area contributed by atoms with Crippen molar-refractivity contribution in [3.63, 3.8) is 0 Å². The Morgan fingerprint density at radius 3 is 2.58 bits per heavy atom. The minimum atomic E-state index is -4.46. The molecule has 0 unspecified atom stereocenters. The summed E-state index contributed by atoms with van der Waals surface area (Å²) in [5.41, 5.74) is -0.813. The van der Waals surface area contributed by atoms with E-state index in [0.717, 1.165) is 12.1 Å². The summed E-state index contributed by atoms with van der Waals surface area (Å²) in [6, 6.07) is 3.05. The number of halogens is 4. The van der Waals surface area contributed by atoms with Crippen LogP contribution in [-0.4, -0.2) is 37.1 Å². The van der Waals surface area contributed by atoms with Gasteiger partial charge in [0.05, 0.1) is 17.2 Å². The molecule has 1 heterocycles. The smallest absolute Gasteiger partial charge is 0.378 e. The van der Waals surface area contributed by atoms with Gasteiger partial charge in [-0.2, -0.15) is 13.2 Å². The topological polar surface area (TPSA) is 29.5 Å². The Hall–Kier alpha value is -1.08. The highest BCUT2D eigenvalue weighted by Gasteiger charge is 2.35. The zero-order valence-electron chi connectivity index (χ0n) is 10.00. The summed E-state index contributed by atoms with van der Waals surface area (Å²) >= 11 is 3.11. The first-order valence-corrected chi connectivity index (χ1v) is 6.31. The summed E-state index contributed by atoms with van der Waals surface area (Å²) in [7, 11) is 1.53. The van der Waals surface area contributed by atoms with E-state index >= 15 is 0 Å². The molecule has 0 bridgehead atoms. The molecule has 0 radical (unpaired) electrons. The number of carbonyl (C=O) groups is 1. The first kappa shape index (κ1) is 14.3. The van der Waals surface area contributed by atoms with E-state index < -0.39 is 17.6 Å². The number of rotatable bonds is 2. The number of methoxy groups -OCH3 is 1. The van der Waals surface area contributed by atoms with Gasteiger partial charge in [0.1, 0.15) is 0 Å². The molecule has 0 saturated carbocycles. The van der Waals surface area contributed by atoms with Crippen LogP contribution in [0.1, 0.15) is 15.9 Å². The van der Waals surface area contributed by atoms with Gasteiger partial charge in [-0.1, -0.05) is 0 Å². The van der Waals surface area contributed by atoms with Crippen LogP contribution in [0.3, 0.4) is 0 Å². The molecule has 1 saturated heterocycles. The van der Waals surface area contributed by atoms with Crippen LogP contribution in [0.25, 0.3) is 0 Å². The van der Waals surface area contributed by atoms with Crippen LogP contribution >= 0.6 is 15.9 Å². The molecule has 1 aromatic rings. The number of likely N-dealkylation sites (tertiary alicyclic amines) is 1. The van der Waals surface area contributed by atoms with Crippen molar-refractivity contribution in [2.45, 2.75) is 12.3 Å². The highest BCUT2D eigenvalue weighted by Crippen LogP contribution is 2.32. The molecule has 7 heteroatoms. The van der Waals surface area contributed by atoms with Gasteiger partial charge in [-0.05, 0) is 34.1 Å². The van der Waals surface area contributed by atoms with Crippen molar-refractivity contribution in [3.05, 3.63) is 33.8 Å². The molecule has 0 aromatic heterocycles. The summed E-state index contributed by atoms with van der Waals surface area (Å²) in [4.78, 5) is 13.5. The Bertz CT molecular complexity index is 498. The molecule has 1 amide bonds. The van der Waals surface area contributed by atoms with Crippen molar-refractivity contribution in [2.24, 2.45) is 0 Å². The highest BCUT2D eigenvalue weighted by molar-refractivity contribution is 9.10. The molecule has 19 heavy (non-hydrogen) atoms. The molecule has 0 N–H and O–H groups in total. The number of alkyl halides is 3. The summed E-state index contributed by atoms with van der Waals surface area (Å²) in [5.74, 6) is -0.425. The Balaban J connectivity index is 2.22. The Kier molecular flexibility index (Phi) is 3.87. The van der Waals surface area contributed by atoms with Crippen LogP contribution in [0.2, 0.25) is 0 Å². The summed E-state index contributed by atoms with van der Waals surface area (Å²) in [6.07, 6.45) is -4.49. The second kappa shape index (κ2) is 5.13. The minimum absolute atomic E-state index is 0.0179. The minimum Gasteiger partial charge on any atom is -0.378 e. The van der Waals surface area contributed by atoms with Gasteiger partial charge in [0.2, 0.25) is 0 Å². The van der Waals surface area contributed by atoms with Crippen LogP contribution < -0.4 is 0 Å². The van der Waals surface area contributed by atoms with Gasteiger partial charge in [-0.25, -0.2) is 0 Å². The fourth-order valence-electron chi connectivity index (χ4n) is 1.79. The lowest BCUT2D eigenvalue weighted by molar-refractivity contribution is -0.137. The van der Waals surface area contributed by atoms with Gasteiger partial charge in [0.15, 0.2) is 0 Å². The first-order valence-electron chi connectivity index (χ1n) is 5.51. The van der Waals surface area contributed by atoms with Gasteiger partial charge in [0, 0.05) is 24.7 Å². The number of benzene rings is 1. The maximum Gasteiger partial charge on any atom is 0.416 e. The van der Waals surface area contributed by atoms with Crippen LogP contribution in [-0.2, 0) is 10.9 Å². The molecule has 3 nitrogen and oxygen atoms in total. The molecule has 1 aliphatic heterocycles. The Morgan fingerprint density at radius 1 is 1.42 bits per heavy atom. The van der Waals surface area contributed by atoms with Gasteiger partial charge in [-0.3, -0.25) is 4.79 Å². The molecule has 104 valence electrons. The molecular formula is C12H11BrF3NO2. The lowest BCUT2D eigenvalue weighted by Gasteiger charge is -2.38. The monoisotopic (exact) mass is 337 g/mol. The van der Waals surface area contributed by atoms with Crippen molar-refractivity contribution in [1.29, 1.82) is 0 Å². The van der Waals surface area contributed by atoms with Gasteiger partial charge in [-0.15, -0.1) is 0 Å². The number of hydrogen-bond acceptors (Lipinski definition) is 2. The number of nitrogens with zero attached hydrogens (tertiary/aromatic N) is 1. The highest BCUT2D eigenvalue weighted by atomic mass is 79.9. The Morgan fingerprint density at radius 2 is 2.05 bits per heavy atom. The van der Waals surface area contributed by atoms with Crippen LogP contribution in [0.4, 0.5) is 13.2 Å². The average molecular weight is 338 g/mol. The molecule has 0 atom stereocenters. The molecule has 1 aliphatic rings.